The maximum atomic E-state index is 12.8. The van der Waals surface area contributed by atoms with Gasteiger partial charge in [0.15, 0.2) is 5.52 Å². The molecule has 7 nitrogen and oxygen atoms in total. The molecule has 2 saturated heterocycles. The lowest BCUT2D eigenvalue weighted by Gasteiger charge is -2.42. The second-order valence-corrected chi connectivity index (χ2v) is 7.38. The molecule has 0 unspecified atom stereocenters. The molecule has 4 rings (SSSR count). The number of carbonyl (C=O) groups is 1. The van der Waals surface area contributed by atoms with Crippen LogP contribution in [0.3, 0.4) is 0 Å². The van der Waals surface area contributed by atoms with Gasteiger partial charge in [-0.05, 0) is 62.2 Å². The lowest BCUT2D eigenvalue weighted by Crippen LogP contribution is -2.51. The van der Waals surface area contributed by atoms with E-state index in [0.717, 1.165) is 24.3 Å². The Bertz CT molecular complexity index is 773. The molecule has 0 saturated carbocycles. The molecule has 7 heteroatoms. The van der Waals surface area contributed by atoms with Gasteiger partial charge in [0.05, 0.1) is 5.69 Å². The van der Waals surface area contributed by atoms with Crippen LogP contribution in [0.1, 0.15) is 37.0 Å². The van der Waals surface area contributed by atoms with Crippen molar-refractivity contribution in [3.8, 4) is 0 Å². The van der Waals surface area contributed by atoms with Gasteiger partial charge in [0.1, 0.15) is 5.52 Å². The molecule has 3 heterocycles. The van der Waals surface area contributed by atoms with Crippen molar-refractivity contribution in [3.63, 3.8) is 0 Å². The zero-order chi connectivity index (χ0) is 18.1. The second-order valence-electron chi connectivity index (χ2n) is 7.38. The van der Waals surface area contributed by atoms with Crippen molar-refractivity contribution in [2.45, 2.75) is 26.7 Å². The Labute approximate surface area is 153 Å². The van der Waals surface area contributed by atoms with Gasteiger partial charge in [-0.3, -0.25) is 4.79 Å². The molecule has 0 N–H and O–H groups in total. The van der Waals surface area contributed by atoms with E-state index in [9.17, 15) is 4.79 Å². The first-order valence-corrected chi connectivity index (χ1v) is 9.72. The van der Waals surface area contributed by atoms with Gasteiger partial charge < -0.3 is 14.7 Å². The summed E-state index contributed by atoms with van der Waals surface area (Å²) in [5.41, 5.74) is 3.04. The zero-order valence-corrected chi connectivity index (χ0v) is 15.6. The summed E-state index contributed by atoms with van der Waals surface area (Å²) in [6, 6.07) is 3.75. The maximum absolute atomic E-state index is 12.8. The maximum Gasteiger partial charge on any atom is 0.253 e. The second kappa shape index (κ2) is 7.23. The Hall–Kier alpha value is -2.15. The fourth-order valence-corrected chi connectivity index (χ4v) is 4.14. The average molecular weight is 357 g/mol. The highest BCUT2D eigenvalue weighted by atomic mass is 16.6. The minimum atomic E-state index is 0.0373. The number of rotatable bonds is 6. The van der Waals surface area contributed by atoms with Gasteiger partial charge in [-0.25, -0.2) is 4.63 Å². The first kappa shape index (κ1) is 17.3. The average Bonchev–Trinajstić information content (AvgIpc) is 3.29. The van der Waals surface area contributed by atoms with Crippen LogP contribution < -0.4 is 4.90 Å². The number of nitrogens with zero attached hydrogens (tertiary/aromatic N) is 5. The van der Waals surface area contributed by atoms with Crippen LogP contribution in [0, 0.1) is 5.92 Å². The molecule has 26 heavy (non-hydrogen) atoms. The van der Waals surface area contributed by atoms with Crippen molar-refractivity contribution >= 4 is 22.6 Å². The molecule has 1 aromatic carbocycles. The smallest absolute Gasteiger partial charge is 0.253 e. The minimum absolute atomic E-state index is 0.0373. The number of carbonyl (C=O) groups excluding carboxylic acids is 1. The van der Waals surface area contributed by atoms with Crippen LogP contribution in [0.25, 0.3) is 11.0 Å². The SMILES string of the molecule is CCN(CC)C(=O)c1cc(N2CC(CN3CCCC3)C2)c2nonc2c1. The van der Waals surface area contributed by atoms with E-state index in [1.165, 1.54) is 32.5 Å². The van der Waals surface area contributed by atoms with Gasteiger partial charge in [-0.2, -0.15) is 0 Å². The highest BCUT2D eigenvalue weighted by Gasteiger charge is 2.32. The van der Waals surface area contributed by atoms with Gasteiger partial charge in [0.2, 0.25) is 0 Å². The quantitative estimate of drug-likeness (QED) is 0.790. The Morgan fingerprint density at radius 3 is 2.62 bits per heavy atom. The monoisotopic (exact) mass is 357 g/mol. The van der Waals surface area contributed by atoms with Crippen LogP contribution in [-0.2, 0) is 0 Å². The third-order valence-electron chi connectivity index (χ3n) is 5.65. The fourth-order valence-electron chi connectivity index (χ4n) is 4.14. The third kappa shape index (κ3) is 3.16. The van der Waals surface area contributed by atoms with Crippen molar-refractivity contribution < 1.29 is 9.42 Å². The summed E-state index contributed by atoms with van der Waals surface area (Å²) in [5.74, 6) is 0.723. The van der Waals surface area contributed by atoms with Gasteiger partial charge in [-0.1, -0.05) is 0 Å². The summed E-state index contributed by atoms with van der Waals surface area (Å²) in [4.78, 5) is 19.5. The predicted octanol–water partition coefficient (Wildman–Crippen LogP) is 2.24. The largest absolute Gasteiger partial charge is 0.369 e. The number of amides is 1. The minimum Gasteiger partial charge on any atom is -0.369 e. The third-order valence-corrected chi connectivity index (χ3v) is 5.65. The summed E-state index contributed by atoms with van der Waals surface area (Å²) in [6.45, 7) is 11.0. The van der Waals surface area contributed by atoms with Crippen molar-refractivity contribution in [3.05, 3.63) is 17.7 Å². The van der Waals surface area contributed by atoms with Crippen molar-refractivity contribution in [1.29, 1.82) is 0 Å². The van der Waals surface area contributed by atoms with Crippen LogP contribution in [0.15, 0.2) is 16.8 Å². The Kier molecular flexibility index (Phi) is 4.80. The highest BCUT2D eigenvalue weighted by Crippen LogP contribution is 2.32. The van der Waals surface area contributed by atoms with Crippen molar-refractivity contribution in [2.24, 2.45) is 5.92 Å². The molecule has 1 aromatic heterocycles. The molecule has 140 valence electrons. The molecule has 0 aliphatic carbocycles. The van der Waals surface area contributed by atoms with Crippen molar-refractivity contribution in [1.82, 2.24) is 20.1 Å². The number of anilines is 1. The molecule has 2 aromatic rings. The van der Waals surface area contributed by atoms with Gasteiger partial charge in [0.25, 0.3) is 5.91 Å². The summed E-state index contributed by atoms with van der Waals surface area (Å²) >= 11 is 0. The van der Waals surface area contributed by atoms with Gasteiger partial charge in [-0.15, -0.1) is 0 Å². The van der Waals surface area contributed by atoms with Crippen LogP contribution in [0.4, 0.5) is 5.69 Å². The molecule has 2 aliphatic heterocycles. The molecule has 2 fully saturated rings. The number of hydrogen-bond donors (Lipinski definition) is 0. The summed E-state index contributed by atoms with van der Waals surface area (Å²) < 4.78 is 4.95. The van der Waals surface area contributed by atoms with Crippen LogP contribution in [0.2, 0.25) is 0 Å². The van der Waals surface area contributed by atoms with Crippen LogP contribution in [0.5, 0.6) is 0 Å². The normalized spacial score (nSPS) is 18.5. The lowest BCUT2D eigenvalue weighted by atomic mass is 9.97. The van der Waals surface area contributed by atoms with E-state index < -0.39 is 0 Å². The molecular formula is C19H27N5O2. The van der Waals surface area contributed by atoms with E-state index in [1.807, 2.05) is 24.8 Å². The van der Waals surface area contributed by atoms with Gasteiger partial charge >= 0.3 is 0 Å². The Morgan fingerprint density at radius 2 is 1.92 bits per heavy atom. The van der Waals surface area contributed by atoms with Crippen molar-refractivity contribution in [2.75, 3.05) is 50.7 Å². The number of fused-ring (bicyclic) bond motifs is 1. The molecule has 0 radical (unpaired) electrons. The van der Waals surface area contributed by atoms with Crippen LogP contribution >= 0.6 is 0 Å². The van der Waals surface area contributed by atoms with E-state index in [-0.39, 0.29) is 5.91 Å². The standard InChI is InChI=1S/C19H27N5O2/c1-3-23(4-2)19(25)15-9-16-18(21-26-20-16)17(10-15)24-12-14(13-24)11-22-7-5-6-8-22/h9-10,14H,3-8,11-13H2,1-2H3. The molecule has 2 aliphatic rings. The zero-order valence-electron chi connectivity index (χ0n) is 15.6. The van der Waals surface area contributed by atoms with E-state index in [1.54, 1.807) is 6.07 Å². The number of hydrogen-bond acceptors (Lipinski definition) is 6. The molecule has 0 bridgehead atoms. The molecule has 0 atom stereocenters. The van der Waals surface area contributed by atoms with E-state index in [2.05, 4.69) is 20.1 Å². The molecule has 0 spiro atoms. The predicted molar refractivity (Wildman–Crippen MR) is 100 cm³/mol. The van der Waals surface area contributed by atoms with E-state index >= 15 is 0 Å². The number of aromatic nitrogens is 2. The number of benzene rings is 1. The van der Waals surface area contributed by atoms with E-state index in [4.69, 9.17) is 4.63 Å². The lowest BCUT2D eigenvalue weighted by molar-refractivity contribution is 0.0773. The van der Waals surface area contributed by atoms with E-state index in [0.29, 0.717) is 30.1 Å². The van der Waals surface area contributed by atoms with Crippen LogP contribution in [-0.4, -0.2) is 71.8 Å². The Morgan fingerprint density at radius 1 is 1.19 bits per heavy atom. The summed E-state index contributed by atoms with van der Waals surface area (Å²) in [7, 11) is 0. The Balaban J connectivity index is 1.53. The summed E-state index contributed by atoms with van der Waals surface area (Å²) in [6.07, 6.45) is 2.66. The molecule has 1 amide bonds. The number of likely N-dealkylation sites (tertiary alicyclic amines) is 1. The summed E-state index contributed by atoms with van der Waals surface area (Å²) in [5, 5.41) is 8.06. The molecular weight excluding hydrogens is 330 g/mol. The van der Waals surface area contributed by atoms with Gasteiger partial charge in [0, 0.05) is 44.2 Å². The fraction of sp³-hybridized carbons (Fsp3) is 0.632. The first-order valence-electron chi connectivity index (χ1n) is 9.72. The topological polar surface area (TPSA) is 65.7 Å². The highest BCUT2D eigenvalue weighted by molar-refractivity contribution is 6.01. The first-order chi connectivity index (χ1) is 12.7.